The zero-order valence-electron chi connectivity index (χ0n) is 6.93. The molecular formula is C7H7N3O3S. The van der Waals surface area contributed by atoms with Gasteiger partial charge in [0, 0.05) is 5.39 Å². The van der Waals surface area contributed by atoms with Gasteiger partial charge in [-0.3, -0.25) is 9.65 Å². The lowest BCUT2D eigenvalue weighted by Crippen LogP contribution is -2.03. The molecule has 0 atom stereocenters. The molecule has 0 saturated heterocycles. The molecule has 0 radical (unpaired) electrons. The number of fused-ring (bicyclic) bond motifs is 1. The molecule has 7 heteroatoms. The highest BCUT2D eigenvalue weighted by Crippen LogP contribution is 2.26. The molecule has 74 valence electrons. The Morgan fingerprint density at radius 2 is 2.14 bits per heavy atom. The molecule has 0 fully saturated rings. The molecule has 0 aliphatic heterocycles. The van der Waals surface area contributed by atoms with E-state index < -0.39 is 10.1 Å². The van der Waals surface area contributed by atoms with Gasteiger partial charge in [0.15, 0.2) is 0 Å². The van der Waals surface area contributed by atoms with Crippen molar-refractivity contribution in [1.82, 2.24) is 10.2 Å². The molecule has 1 aromatic carbocycles. The molecule has 0 bridgehead atoms. The third-order valence-corrected chi connectivity index (χ3v) is 2.81. The maximum Gasteiger partial charge on any atom is 0.298 e. The van der Waals surface area contributed by atoms with E-state index in [4.69, 9.17) is 10.3 Å². The van der Waals surface area contributed by atoms with Gasteiger partial charge in [-0.1, -0.05) is 0 Å². The molecular weight excluding hydrogens is 206 g/mol. The number of aromatic nitrogens is 2. The molecule has 6 nitrogen and oxygen atoms in total. The quantitative estimate of drug-likeness (QED) is 0.469. The van der Waals surface area contributed by atoms with Gasteiger partial charge >= 0.3 is 0 Å². The van der Waals surface area contributed by atoms with Crippen LogP contribution in [-0.2, 0) is 10.1 Å². The van der Waals surface area contributed by atoms with Crippen molar-refractivity contribution in [3.8, 4) is 0 Å². The first kappa shape index (κ1) is 8.97. The van der Waals surface area contributed by atoms with Crippen LogP contribution in [0, 0.1) is 0 Å². The van der Waals surface area contributed by atoms with Crippen molar-refractivity contribution in [3.63, 3.8) is 0 Å². The monoisotopic (exact) mass is 213 g/mol. The average molecular weight is 213 g/mol. The summed E-state index contributed by atoms with van der Waals surface area (Å²) in [7, 11) is -4.33. The third-order valence-electron chi connectivity index (χ3n) is 1.86. The van der Waals surface area contributed by atoms with E-state index in [1.807, 2.05) is 0 Å². The lowest BCUT2D eigenvalue weighted by Gasteiger charge is -2.02. The van der Waals surface area contributed by atoms with Crippen molar-refractivity contribution < 1.29 is 13.0 Å². The minimum atomic E-state index is -4.33. The van der Waals surface area contributed by atoms with E-state index in [9.17, 15) is 8.42 Å². The van der Waals surface area contributed by atoms with Crippen LogP contribution in [-0.4, -0.2) is 23.2 Å². The topological polar surface area (TPSA) is 109 Å². The van der Waals surface area contributed by atoms with Crippen LogP contribution in [0.25, 0.3) is 10.9 Å². The molecule has 1 aromatic heterocycles. The van der Waals surface area contributed by atoms with Gasteiger partial charge in [-0.15, -0.1) is 0 Å². The summed E-state index contributed by atoms with van der Waals surface area (Å²) in [5, 5.41) is 6.70. The maximum absolute atomic E-state index is 11.0. The van der Waals surface area contributed by atoms with Crippen LogP contribution in [0.3, 0.4) is 0 Å². The van der Waals surface area contributed by atoms with Crippen LogP contribution in [0.4, 0.5) is 5.69 Å². The van der Waals surface area contributed by atoms with Crippen LogP contribution >= 0.6 is 0 Å². The predicted octanol–water partition coefficient (Wildman–Crippen LogP) is 0.392. The first-order valence-electron chi connectivity index (χ1n) is 3.69. The minimum absolute atomic E-state index is 0.00995. The Bertz CT molecular complexity index is 587. The molecule has 0 unspecified atom stereocenters. The van der Waals surface area contributed by atoms with Crippen LogP contribution in [0.5, 0.6) is 0 Å². The SMILES string of the molecule is Nc1ccc2cn[nH]c2c1S(=O)(=O)O. The van der Waals surface area contributed by atoms with Gasteiger partial charge in [0.1, 0.15) is 4.90 Å². The minimum Gasteiger partial charge on any atom is -0.398 e. The summed E-state index contributed by atoms with van der Waals surface area (Å²) in [5.74, 6) is 0. The van der Waals surface area contributed by atoms with Gasteiger partial charge in [-0.05, 0) is 12.1 Å². The van der Waals surface area contributed by atoms with Crippen molar-refractivity contribution in [2.75, 3.05) is 5.73 Å². The van der Waals surface area contributed by atoms with E-state index in [0.717, 1.165) is 0 Å². The number of anilines is 1. The number of benzene rings is 1. The fourth-order valence-electron chi connectivity index (χ4n) is 1.28. The Morgan fingerprint density at radius 1 is 1.43 bits per heavy atom. The molecule has 0 aliphatic rings. The number of nitrogens with zero attached hydrogens (tertiary/aromatic N) is 1. The van der Waals surface area contributed by atoms with E-state index in [-0.39, 0.29) is 16.1 Å². The van der Waals surface area contributed by atoms with Gasteiger partial charge in [0.25, 0.3) is 10.1 Å². The summed E-state index contributed by atoms with van der Waals surface area (Å²) in [6.45, 7) is 0. The van der Waals surface area contributed by atoms with Gasteiger partial charge in [0.2, 0.25) is 0 Å². The number of rotatable bonds is 1. The number of H-pyrrole nitrogens is 1. The number of nitrogen functional groups attached to an aromatic ring is 1. The second-order valence-electron chi connectivity index (χ2n) is 2.79. The Hall–Kier alpha value is -1.60. The second-order valence-corrected chi connectivity index (χ2v) is 4.15. The number of hydrogen-bond acceptors (Lipinski definition) is 4. The van der Waals surface area contributed by atoms with Crippen LogP contribution in [0.2, 0.25) is 0 Å². The molecule has 0 aliphatic carbocycles. The van der Waals surface area contributed by atoms with Gasteiger partial charge in [-0.25, -0.2) is 0 Å². The molecule has 1 heterocycles. The Morgan fingerprint density at radius 3 is 2.79 bits per heavy atom. The summed E-state index contributed by atoms with van der Waals surface area (Å²) in [6.07, 6.45) is 1.45. The molecule has 0 spiro atoms. The fourth-order valence-corrected chi connectivity index (χ4v) is 2.07. The van der Waals surface area contributed by atoms with Gasteiger partial charge in [-0.2, -0.15) is 13.5 Å². The first-order valence-corrected chi connectivity index (χ1v) is 5.13. The predicted molar refractivity (Wildman–Crippen MR) is 50.3 cm³/mol. The summed E-state index contributed by atoms with van der Waals surface area (Å²) in [4.78, 5) is -0.326. The zero-order valence-corrected chi connectivity index (χ0v) is 7.75. The largest absolute Gasteiger partial charge is 0.398 e. The second kappa shape index (κ2) is 2.69. The van der Waals surface area contributed by atoms with Crippen molar-refractivity contribution >= 4 is 26.7 Å². The summed E-state index contributed by atoms with van der Waals surface area (Å²) < 4.78 is 30.9. The van der Waals surface area contributed by atoms with E-state index in [2.05, 4.69) is 10.2 Å². The number of aromatic amines is 1. The Kier molecular flexibility index (Phi) is 1.73. The normalized spacial score (nSPS) is 12.1. The number of nitrogens with two attached hydrogens (primary N) is 1. The maximum atomic E-state index is 11.0. The van der Waals surface area contributed by atoms with E-state index in [1.165, 1.54) is 12.3 Å². The standard InChI is InChI=1S/C7H7N3O3S/c8-5-2-1-4-3-9-10-6(4)7(5)14(11,12)13/h1-3H,8H2,(H,9,10)(H,11,12,13). The highest BCUT2D eigenvalue weighted by Gasteiger charge is 2.18. The highest BCUT2D eigenvalue weighted by atomic mass is 32.2. The molecule has 14 heavy (non-hydrogen) atoms. The summed E-state index contributed by atoms with van der Waals surface area (Å²) >= 11 is 0. The molecule has 0 amide bonds. The molecule has 2 aromatic rings. The van der Waals surface area contributed by atoms with Crippen molar-refractivity contribution in [1.29, 1.82) is 0 Å². The van der Waals surface area contributed by atoms with Crippen LogP contribution in [0.15, 0.2) is 23.2 Å². The van der Waals surface area contributed by atoms with Gasteiger partial charge in [0.05, 0.1) is 17.4 Å². The van der Waals surface area contributed by atoms with Crippen LogP contribution in [0.1, 0.15) is 0 Å². The van der Waals surface area contributed by atoms with E-state index >= 15 is 0 Å². The highest BCUT2D eigenvalue weighted by molar-refractivity contribution is 7.86. The summed E-state index contributed by atoms with van der Waals surface area (Å²) in [5.41, 5.74) is 5.65. The van der Waals surface area contributed by atoms with Crippen molar-refractivity contribution in [2.45, 2.75) is 4.90 Å². The average Bonchev–Trinajstić information content (AvgIpc) is 2.48. The Labute approximate surface area is 79.5 Å². The third kappa shape index (κ3) is 1.22. The van der Waals surface area contributed by atoms with Crippen LogP contribution < -0.4 is 5.73 Å². The summed E-state index contributed by atoms with van der Waals surface area (Å²) in [6, 6.07) is 3.02. The Balaban J connectivity index is 2.98. The first-order chi connectivity index (χ1) is 6.50. The smallest absolute Gasteiger partial charge is 0.298 e. The number of nitrogens with one attached hydrogen (secondary N) is 1. The molecule has 2 rings (SSSR count). The lowest BCUT2D eigenvalue weighted by atomic mass is 10.2. The van der Waals surface area contributed by atoms with E-state index in [0.29, 0.717) is 5.39 Å². The zero-order chi connectivity index (χ0) is 10.3. The molecule has 0 saturated carbocycles. The lowest BCUT2D eigenvalue weighted by molar-refractivity contribution is 0.484. The van der Waals surface area contributed by atoms with Crippen molar-refractivity contribution in [2.24, 2.45) is 0 Å². The van der Waals surface area contributed by atoms with Gasteiger partial charge < -0.3 is 5.73 Å². The van der Waals surface area contributed by atoms with Crippen molar-refractivity contribution in [3.05, 3.63) is 18.3 Å². The number of hydrogen-bond donors (Lipinski definition) is 3. The fraction of sp³-hybridized carbons (Fsp3) is 0. The molecule has 4 N–H and O–H groups in total. The van der Waals surface area contributed by atoms with E-state index in [1.54, 1.807) is 6.07 Å².